The Hall–Kier alpha value is -2.68. The van der Waals surface area contributed by atoms with E-state index in [9.17, 15) is 5.11 Å². The summed E-state index contributed by atoms with van der Waals surface area (Å²) in [4.78, 5) is 17.6. The molecular weight excluding hydrogens is 296 g/mol. The monoisotopic (exact) mass is 318 g/mol. The Labute approximate surface area is 134 Å². The number of aliphatic hydroxyl groups excluding tert-OH is 1. The van der Waals surface area contributed by atoms with Gasteiger partial charge in [0.1, 0.15) is 11.0 Å². The van der Waals surface area contributed by atoms with Crippen LogP contribution in [0.1, 0.15) is 13.3 Å². The van der Waals surface area contributed by atoms with Gasteiger partial charge in [0.15, 0.2) is 11.6 Å². The molecule has 2 heterocycles. The molecule has 0 unspecified atom stereocenters. The normalized spacial score (nSPS) is 10.4. The Balaban J connectivity index is 2.65. The zero-order valence-electron chi connectivity index (χ0n) is 13.6. The van der Waals surface area contributed by atoms with Gasteiger partial charge in [0, 0.05) is 26.3 Å². The molecule has 2 rings (SSSR count). The van der Waals surface area contributed by atoms with E-state index in [4.69, 9.17) is 0 Å². The van der Waals surface area contributed by atoms with Gasteiger partial charge in [-0.05, 0) is 6.42 Å². The minimum Gasteiger partial charge on any atom is -0.390 e. The molecule has 0 radical (unpaired) electrons. The van der Waals surface area contributed by atoms with Crippen molar-refractivity contribution in [2.45, 2.75) is 13.3 Å². The largest absolute Gasteiger partial charge is 0.390 e. The van der Waals surface area contributed by atoms with E-state index >= 15 is 0 Å². The van der Waals surface area contributed by atoms with Crippen molar-refractivity contribution in [3.05, 3.63) is 12.3 Å². The predicted molar refractivity (Wildman–Crippen MR) is 92.9 cm³/mol. The van der Waals surface area contributed by atoms with Crippen molar-refractivity contribution in [3.8, 4) is 0 Å². The zero-order chi connectivity index (χ0) is 16.8. The minimum absolute atomic E-state index is 0.203. The number of nitrogens with one attached hydrogen (secondary N) is 4. The molecule has 0 aliphatic rings. The zero-order valence-corrected chi connectivity index (χ0v) is 13.6. The van der Waals surface area contributed by atoms with Gasteiger partial charge in [0.05, 0.1) is 6.61 Å². The number of aliphatic hydroxyl groups is 1. The highest BCUT2D eigenvalue weighted by Crippen LogP contribution is 2.27. The van der Waals surface area contributed by atoms with Crippen LogP contribution >= 0.6 is 0 Å². The Morgan fingerprint density at radius 2 is 1.57 bits per heavy atom. The van der Waals surface area contributed by atoms with Gasteiger partial charge < -0.3 is 26.4 Å². The van der Waals surface area contributed by atoms with Gasteiger partial charge in [-0.2, -0.15) is 9.97 Å². The minimum atomic E-state index is -0.203. The maximum absolute atomic E-state index is 9.19. The first kappa shape index (κ1) is 16.7. The summed E-state index contributed by atoms with van der Waals surface area (Å²) < 4.78 is 0. The van der Waals surface area contributed by atoms with E-state index in [0.717, 1.165) is 13.0 Å². The summed E-state index contributed by atoms with van der Waals surface area (Å²) >= 11 is 0. The molecule has 0 saturated heterocycles. The van der Waals surface area contributed by atoms with Crippen molar-refractivity contribution < 1.29 is 5.11 Å². The van der Waals surface area contributed by atoms with Crippen molar-refractivity contribution in [2.24, 2.45) is 0 Å². The summed E-state index contributed by atoms with van der Waals surface area (Å²) in [5.74, 6) is 1.95. The molecule has 9 heteroatoms. The first-order valence-corrected chi connectivity index (χ1v) is 7.37. The van der Waals surface area contributed by atoms with E-state index in [-0.39, 0.29) is 6.61 Å². The Morgan fingerprint density at radius 1 is 1.00 bits per heavy atom. The lowest BCUT2D eigenvalue weighted by atomic mass is 10.3. The van der Waals surface area contributed by atoms with Gasteiger partial charge in [-0.3, -0.25) is 0 Å². The second kappa shape index (κ2) is 7.54. The van der Waals surface area contributed by atoms with E-state index in [1.54, 1.807) is 14.1 Å². The number of rotatable bonds is 8. The number of aromatic nitrogens is 4. The van der Waals surface area contributed by atoms with E-state index in [1.165, 1.54) is 0 Å². The lowest BCUT2D eigenvalue weighted by molar-refractivity contribution is 0.333. The van der Waals surface area contributed by atoms with E-state index < -0.39 is 0 Å². The Kier molecular flexibility index (Phi) is 5.47. The van der Waals surface area contributed by atoms with Crippen LogP contribution in [0, 0.1) is 0 Å². The van der Waals surface area contributed by atoms with Crippen LogP contribution in [0.2, 0.25) is 0 Å². The lowest BCUT2D eigenvalue weighted by Crippen LogP contribution is -2.12. The molecule has 0 spiro atoms. The van der Waals surface area contributed by atoms with Crippen LogP contribution in [-0.4, -0.2) is 52.3 Å². The van der Waals surface area contributed by atoms with Crippen LogP contribution in [0.4, 0.5) is 23.5 Å². The number of fused-ring (bicyclic) bond motifs is 1. The van der Waals surface area contributed by atoms with Crippen LogP contribution in [-0.2, 0) is 0 Å². The van der Waals surface area contributed by atoms with E-state index in [2.05, 4.69) is 54.7 Å². The lowest BCUT2D eigenvalue weighted by Gasteiger charge is -2.14. The molecule has 0 amide bonds. The third-order valence-corrected chi connectivity index (χ3v) is 3.02. The van der Waals surface area contributed by atoms with Gasteiger partial charge in [-0.1, -0.05) is 13.5 Å². The summed E-state index contributed by atoms with van der Waals surface area (Å²) in [6.45, 7) is 6.36. The average molecular weight is 318 g/mol. The molecule has 124 valence electrons. The van der Waals surface area contributed by atoms with Crippen LogP contribution in [0.25, 0.3) is 11.0 Å². The van der Waals surface area contributed by atoms with Crippen molar-refractivity contribution >= 4 is 34.6 Å². The second-order valence-corrected chi connectivity index (χ2v) is 4.80. The van der Waals surface area contributed by atoms with Gasteiger partial charge >= 0.3 is 0 Å². The molecule has 0 bridgehead atoms. The third-order valence-electron chi connectivity index (χ3n) is 3.02. The summed E-state index contributed by atoms with van der Waals surface area (Å²) in [5, 5.41) is 21.2. The smallest absolute Gasteiger partial charge is 0.225 e. The molecular formula is C14H22N8O. The van der Waals surface area contributed by atoms with Crippen LogP contribution in [0.5, 0.6) is 0 Å². The maximum atomic E-state index is 9.19. The third kappa shape index (κ3) is 3.75. The Bertz CT molecular complexity index is 703. The molecule has 0 aliphatic heterocycles. The van der Waals surface area contributed by atoms with Crippen LogP contribution < -0.4 is 21.3 Å². The van der Waals surface area contributed by atoms with Crippen molar-refractivity contribution in [1.29, 1.82) is 0 Å². The Morgan fingerprint density at radius 3 is 2.09 bits per heavy atom. The van der Waals surface area contributed by atoms with Crippen LogP contribution in [0.15, 0.2) is 12.3 Å². The molecule has 5 N–H and O–H groups in total. The standard InChI is InChI=1S/C14H22N8O/c1-5-6-17-11-9-10(20-13(15-3)21-11)12(18-8(2)7-23)22-14(16-4)19-9/h23H,2,5-7H2,1,3-4H3,(H2,15,17,20,21)(H2,16,18,19,22). The molecule has 0 saturated carbocycles. The van der Waals surface area contributed by atoms with Gasteiger partial charge in [0.2, 0.25) is 11.9 Å². The molecule has 9 nitrogen and oxygen atoms in total. The average Bonchev–Trinajstić information content (AvgIpc) is 2.59. The quantitative estimate of drug-likeness (QED) is 0.489. The van der Waals surface area contributed by atoms with E-state index in [1.807, 2.05) is 0 Å². The van der Waals surface area contributed by atoms with Crippen LogP contribution in [0.3, 0.4) is 0 Å². The molecule has 2 aromatic heterocycles. The fraction of sp³-hybridized carbons (Fsp3) is 0.429. The van der Waals surface area contributed by atoms with Gasteiger partial charge in [0.25, 0.3) is 0 Å². The maximum Gasteiger partial charge on any atom is 0.225 e. The highest BCUT2D eigenvalue weighted by atomic mass is 16.3. The topological polar surface area (TPSA) is 120 Å². The molecule has 0 aliphatic carbocycles. The molecule has 0 atom stereocenters. The number of hydrogen-bond acceptors (Lipinski definition) is 9. The number of hydrogen-bond donors (Lipinski definition) is 5. The highest BCUT2D eigenvalue weighted by Gasteiger charge is 2.15. The summed E-state index contributed by atoms with van der Waals surface area (Å²) in [7, 11) is 3.47. The SMILES string of the molecule is C=C(CO)Nc1nc(NC)nc2c(NCCC)nc(NC)nc12. The van der Waals surface area contributed by atoms with Crippen molar-refractivity contribution in [2.75, 3.05) is 48.5 Å². The number of anilines is 4. The van der Waals surface area contributed by atoms with E-state index in [0.29, 0.717) is 40.3 Å². The first-order chi connectivity index (χ1) is 11.1. The second-order valence-electron chi connectivity index (χ2n) is 4.80. The van der Waals surface area contributed by atoms with Gasteiger partial charge in [-0.25, -0.2) is 9.97 Å². The first-order valence-electron chi connectivity index (χ1n) is 7.37. The molecule has 23 heavy (non-hydrogen) atoms. The fourth-order valence-corrected chi connectivity index (χ4v) is 1.90. The van der Waals surface area contributed by atoms with Gasteiger partial charge in [-0.15, -0.1) is 0 Å². The fourth-order valence-electron chi connectivity index (χ4n) is 1.90. The summed E-state index contributed by atoms with van der Waals surface area (Å²) in [6.07, 6.45) is 0.955. The molecule has 2 aromatic rings. The predicted octanol–water partition coefficient (Wildman–Crippen LogP) is 1.24. The summed E-state index contributed by atoms with van der Waals surface area (Å²) in [5.41, 5.74) is 1.54. The number of nitrogens with zero attached hydrogens (tertiary/aromatic N) is 4. The van der Waals surface area contributed by atoms with Crippen molar-refractivity contribution in [1.82, 2.24) is 19.9 Å². The molecule has 0 aromatic carbocycles. The summed E-state index contributed by atoms with van der Waals surface area (Å²) in [6, 6.07) is 0. The molecule has 0 fully saturated rings. The van der Waals surface area contributed by atoms with Crippen molar-refractivity contribution in [3.63, 3.8) is 0 Å². The highest BCUT2D eigenvalue weighted by molar-refractivity contribution is 5.94.